The number of rotatable bonds is 3. The van der Waals surface area contributed by atoms with Gasteiger partial charge in [0.1, 0.15) is 11.6 Å². The number of amides is 1. The summed E-state index contributed by atoms with van der Waals surface area (Å²) < 4.78 is 19.9. The maximum atomic E-state index is 13.8. The summed E-state index contributed by atoms with van der Waals surface area (Å²) >= 11 is 6.36. The minimum absolute atomic E-state index is 0.0293. The average Bonchev–Trinajstić information content (AvgIpc) is 2.41. The van der Waals surface area contributed by atoms with Gasteiger partial charge in [-0.15, -0.1) is 0 Å². The Kier molecular flexibility index (Phi) is 4.77. The zero-order valence-corrected chi connectivity index (χ0v) is 13.6. The van der Waals surface area contributed by atoms with Crippen LogP contribution in [-0.2, 0) is 0 Å². The Morgan fingerprint density at radius 2 is 2.00 bits per heavy atom. The molecule has 1 N–H and O–H groups in total. The summed E-state index contributed by atoms with van der Waals surface area (Å²) in [4.78, 5) is 12.1. The lowest BCUT2D eigenvalue weighted by Gasteiger charge is -2.09. The number of benzene rings is 2. The largest absolute Gasteiger partial charge is 0.497 e. The molecule has 3 nitrogen and oxygen atoms in total. The maximum Gasteiger partial charge on any atom is 0.258 e. The maximum absolute atomic E-state index is 13.8. The third-order valence-electron chi connectivity index (χ3n) is 2.56. The van der Waals surface area contributed by atoms with Gasteiger partial charge in [-0.25, -0.2) is 4.39 Å². The summed E-state index contributed by atoms with van der Waals surface area (Å²) in [6.45, 7) is 0. The second-order valence-corrected chi connectivity index (χ2v) is 5.71. The van der Waals surface area contributed by atoms with Crippen molar-refractivity contribution in [2.45, 2.75) is 0 Å². The van der Waals surface area contributed by atoms with Gasteiger partial charge in [0, 0.05) is 16.2 Å². The fourth-order valence-corrected chi connectivity index (χ4v) is 2.47. The highest BCUT2D eigenvalue weighted by atomic mass is 79.9. The lowest BCUT2D eigenvalue weighted by molar-refractivity contribution is 0.102. The molecule has 20 heavy (non-hydrogen) atoms. The van der Waals surface area contributed by atoms with Gasteiger partial charge < -0.3 is 10.1 Å². The van der Waals surface area contributed by atoms with Crippen molar-refractivity contribution in [3.05, 3.63) is 56.7 Å². The predicted molar refractivity (Wildman–Crippen MR) is 82.7 cm³/mol. The van der Waals surface area contributed by atoms with E-state index < -0.39 is 11.7 Å². The monoisotopic (exact) mass is 401 g/mol. The van der Waals surface area contributed by atoms with Crippen molar-refractivity contribution >= 4 is 43.5 Å². The van der Waals surface area contributed by atoms with E-state index in [2.05, 4.69) is 37.2 Å². The van der Waals surface area contributed by atoms with Crippen molar-refractivity contribution in [1.29, 1.82) is 0 Å². The Balaban J connectivity index is 2.28. The molecule has 0 saturated heterocycles. The molecule has 0 radical (unpaired) electrons. The molecule has 0 heterocycles. The summed E-state index contributed by atoms with van der Waals surface area (Å²) in [7, 11) is 1.53. The molecule has 2 rings (SSSR count). The number of halogens is 3. The van der Waals surface area contributed by atoms with Crippen molar-refractivity contribution in [3.63, 3.8) is 0 Å². The Morgan fingerprint density at radius 3 is 2.70 bits per heavy atom. The molecule has 0 aromatic heterocycles. The average molecular weight is 403 g/mol. The minimum Gasteiger partial charge on any atom is -0.497 e. The lowest BCUT2D eigenvalue weighted by Crippen LogP contribution is -2.14. The molecule has 2 aromatic carbocycles. The lowest BCUT2D eigenvalue weighted by atomic mass is 10.2. The predicted octanol–water partition coefficient (Wildman–Crippen LogP) is 4.61. The van der Waals surface area contributed by atoms with Crippen LogP contribution in [0.5, 0.6) is 5.75 Å². The number of methoxy groups -OCH3 is 1. The van der Waals surface area contributed by atoms with Gasteiger partial charge in [-0.3, -0.25) is 4.79 Å². The van der Waals surface area contributed by atoms with E-state index in [1.54, 1.807) is 24.3 Å². The quantitative estimate of drug-likeness (QED) is 0.813. The van der Waals surface area contributed by atoms with Crippen molar-refractivity contribution in [1.82, 2.24) is 0 Å². The number of carbonyl (C=O) groups is 1. The van der Waals surface area contributed by atoms with Crippen LogP contribution < -0.4 is 10.1 Å². The summed E-state index contributed by atoms with van der Waals surface area (Å²) in [5, 5.41) is 2.63. The highest BCUT2D eigenvalue weighted by Crippen LogP contribution is 2.25. The second kappa shape index (κ2) is 6.37. The molecule has 1 amide bonds. The Bertz CT molecular complexity index is 662. The molecule has 0 atom stereocenters. The normalized spacial score (nSPS) is 10.2. The Morgan fingerprint density at radius 1 is 1.25 bits per heavy atom. The fourth-order valence-electron chi connectivity index (χ4n) is 1.63. The molecule has 104 valence electrons. The highest BCUT2D eigenvalue weighted by Gasteiger charge is 2.14. The van der Waals surface area contributed by atoms with E-state index >= 15 is 0 Å². The third-order valence-corrected chi connectivity index (χ3v) is 3.63. The van der Waals surface area contributed by atoms with Crippen LogP contribution in [0.3, 0.4) is 0 Å². The van der Waals surface area contributed by atoms with E-state index in [0.717, 1.165) is 4.47 Å². The topological polar surface area (TPSA) is 38.3 Å². The Labute approximate surface area is 132 Å². The molecule has 0 bridgehead atoms. The molecular weight excluding hydrogens is 393 g/mol. The SMILES string of the molecule is COc1cc(Br)cc(NC(=O)c2cccc(Br)c2F)c1. The number of hydrogen-bond acceptors (Lipinski definition) is 2. The fraction of sp³-hybridized carbons (Fsp3) is 0.0714. The first kappa shape index (κ1) is 15.0. The molecule has 6 heteroatoms. The van der Waals surface area contributed by atoms with Crippen LogP contribution in [0.2, 0.25) is 0 Å². The van der Waals surface area contributed by atoms with E-state index in [1.807, 2.05) is 0 Å². The molecule has 0 aliphatic carbocycles. The van der Waals surface area contributed by atoms with Crippen LogP contribution in [0, 0.1) is 5.82 Å². The van der Waals surface area contributed by atoms with Crippen molar-refractivity contribution in [2.75, 3.05) is 12.4 Å². The minimum atomic E-state index is -0.591. The number of anilines is 1. The van der Waals surface area contributed by atoms with Crippen molar-refractivity contribution in [3.8, 4) is 5.75 Å². The molecule has 2 aromatic rings. The van der Waals surface area contributed by atoms with E-state index in [9.17, 15) is 9.18 Å². The molecule has 0 unspecified atom stereocenters. The highest BCUT2D eigenvalue weighted by molar-refractivity contribution is 9.10. The van der Waals surface area contributed by atoms with Crippen LogP contribution in [0.25, 0.3) is 0 Å². The first-order valence-corrected chi connectivity index (χ1v) is 7.20. The number of hydrogen-bond donors (Lipinski definition) is 1. The van der Waals surface area contributed by atoms with Gasteiger partial charge in [-0.1, -0.05) is 22.0 Å². The van der Waals surface area contributed by atoms with Crippen LogP contribution >= 0.6 is 31.9 Å². The third kappa shape index (κ3) is 3.37. The van der Waals surface area contributed by atoms with Gasteiger partial charge in [-0.2, -0.15) is 0 Å². The zero-order chi connectivity index (χ0) is 14.7. The number of nitrogens with one attached hydrogen (secondary N) is 1. The van der Waals surface area contributed by atoms with Crippen LogP contribution in [0.15, 0.2) is 45.3 Å². The van der Waals surface area contributed by atoms with Crippen molar-refractivity contribution in [2.24, 2.45) is 0 Å². The number of ether oxygens (including phenoxy) is 1. The van der Waals surface area contributed by atoms with Gasteiger partial charge in [-0.05, 0) is 40.2 Å². The summed E-state index contributed by atoms with van der Waals surface area (Å²) in [5.41, 5.74) is 0.485. The first-order valence-electron chi connectivity index (χ1n) is 5.61. The van der Waals surface area contributed by atoms with E-state index in [1.165, 1.54) is 19.2 Å². The van der Waals surface area contributed by atoms with Gasteiger partial charge in [0.05, 0.1) is 17.1 Å². The number of carbonyl (C=O) groups excluding carboxylic acids is 1. The summed E-state index contributed by atoms with van der Waals surface area (Å²) in [6.07, 6.45) is 0. The van der Waals surface area contributed by atoms with Crippen LogP contribution in [-0.4, -0.2) is 13.0 Å². The molecule has 0 aliphatic rings. The van der Waals surface area contributed by atoms with Gasteiger partial charge in [0.2, 0.25) is 0 Å². The smallest absolute Gasteiger partial charge is 0.258 e. The van der Waals surface area contributed by atoms with E-state index in [4.69, 9.17) is 4.74 Å². The molecule has 0 aliphatic heterocycles. The van der Waals surface area contributed by atoms with Crippen molar-refractivity contribution < 1.29 is 13.9 Å². The first-order chi connectivity index (χ1) is 9.51. The van der Waals surface area contributed by atoms with E-state index in [-0.39, 0.29) is 10.0 Å². The van der Waals surface area contributed by atoms with Crippen LogP contribution in [0.4, 0.5) is 10.1 Å². The van der Waals surface area contributed by atoms with Gasteiger partial charge >= 0.3 is 0 Å². The van der Waals surface area contributed by atoms with E-state index in [0.29, 0.717) is 11.4 Å². The second-order valence-electron chi connectivity index (χ2n) is 3.94. The summed E-state index contributed by atoms with van der Waals surface area (Å²) in [5.74, 6) is -0.527. The molecule has 0 saturated carbocycles. The molecular formula is C14H10Br2FNO2. The summed E-state index contributed by atoms with van der Waals surface area (Å²) in [6, 6.07) is 9.67. The van der Waals surface area contributed by atoms with Crippen LogP contribution in [0.1, 0.15) is 10.4 Å². The zero-order valence-electron chi connectivity index (χ0n) is 10.4. The Hall–Kier alpha value is -1.40. The molecule has 0 spiro atoms. The van der Waals surface area contributed by atoms with Gasteiger partial charge in [0.15, 0.2) is 0 Å². The molecule has 0 fully saturated rings. The standard InChI is InChI=1S/C14H10Br2FNO2/c1-20-10-6-8(15)5-9(7-10)18-14(19)11-3-2-4-12(16)13(11)17/h2-7H,1H3,(H,18,19). The van der Waals surface area contributed by atoms with Gasteiger partial charge in [0.25, 0.3) is 5.91 Å².